The van der Waals surface area contributed by atoms with Gasteiger partial charge in [-0.3, -0.25) is 0 Å². The summed E-state index contributed by atoms with van der Waals surface area (Å²) in [6, 6.07) is 13.5. The molecule has 2 aromatic rings. The van der Waals surface area contributed by atoms with Crippen molar-refractivity contribution in [1.82, 2.24) is 0 Å². The molecule has 0 unspecified atom stereocenters. The van der Waals surface area contributed by atoms with Crippen LogP contribution in [0.3, 0.4) is 0 Å². The minimum absolute atomic E-state index is 0.0175. The summed E-state index contributed by atoms with van der Waals surface area (Å²) in [6.45, 7) is 13.1. The molecule has 4 nitrogen and oxygen atoms in total. The zero-order chi connectivity index (χ0) is 19.7. The first kappa shape index (κ1) is 22.5. The molecule has 0 saturated heterocycles. The molecule has 0 atom stereocenters. The Morgan fingerprint density at radius 2 is 1.28 bits per heavy atom. The minimum Gasteiger partial charge on any atom is -0.508 e. The van der Waals surface area contributed by atoms with Crippen molar-refractivity contribution in [2.24, 2.45) is 5.41 Å². The van der Waals surface area contributed by atoms with Gasteiger partial charge in [-0.2, -0.15) is 0 Å². The molecule has 0 radical (unpaired) electrons. The van der Waals surface area contributed by atoms with Gasteiger partial charge in [-0.15, -0.1) is 0 Å². The van der Waals surface area contributed by atoms with E-state index < -0.39 is 0 Å². The van der Waals surface area contributed by atoms with Crippen molar-refractivity contribution in [2.75, 3.05) is 0 Å². The number of benzene rings is 2. The third kappa shape index (κ3) is 8.80. The second-order valence-electron chi connectivity index (χ2n) is 7.66. The van der Waals surface area contributed by atoms with Crippen LogP contribution in [0.15, 0.2) is 48.5 Å². The largest absolute Gasteiger partial charge is 0.508 e. The third-order valence-electron chi connectivity index (χ3n) is 3.44. The number of hydrogen-bond donors (Lipinski definition) is 3. The highest BCUT2D eigenvalue weighted by Crippen LogP contribution is 2.39. The second-order valence-corrected chi connectivity index (χ2v) is 7.66. The molecule has 0 bridgehead atoms. The van der Waals surface area contributed by atoms with Gasteiger partial charge >= 0.3 is 0 Å². The molecule has 0 heterocycles. The third-order valence-corrected chi connectivity index (χ3v) is 3.44. The Hall–Kier alpha value is -2.49. The van der Waals surface area contributed by atoms with Crippen LogP contribution in [0.2, 0.25) is 0 Å². The summed E-state index contributed by atoms with van der Waals surface area (Å²) >= 11 is 0. The first-order valence-electron chi connectivity index (χ1n) is 8.07. The molecule has 138 valence electrons. The monoisotopic (exact) mass is 346 g/mol. The SMILES string of the molecule is C=O.CC(C)(C)CC(C)(C)c1ccccc1O.Oc1cccc(O)c1. The first-order chi connectivity index (χ1) is 11.5. The van der Waals surface area contributed by atoms with Crippen molar-refractivity contribution in [3.63, 3.8) is 0 Å². The summed E-state index contributed by atoms with van der Waals surface area (Å²) in [4.78, 5) is 8.00. The van der Waals surface area contributed by atoms with Gasteiger partial charge in [0.15, 0.2) is 0 Å². The van der Waals surface area contributed by atoms with Crippen molar-refractivity contribution < 1.29 is 20.1 Å². The van der Waals surface area contributed by atoms with Crippen LogP contribution < -0.4 is 0 Å². The van der Waals surface area contributed by atoms with Crippen LogP contribution in [0.5, 0.6) is 17.2 Å². The lowest BCUT2D eigenvalue weighted by Crippen LogP contribution is -2.24. The van der Waals surface area contributed by atoms with Crippen LogP contribution in [0.4, 0.5) is 0 Å². The molecule has 0 fully saturated rings. The smallest absolute Gasteiger partial charge is 0.119 e. The van der Waals surface area contributed by atoms with Crippen molar-refractivity contribution in [2.45, 2.75) is 46.5 Å². The Morgan fingerprint density at radius 1 is 0.800 bits per heavy atom. The van der Waals surface area contributed by atoms with Crippen molar-refractivity contribution in [3.05, 3.63) is 54.1 Å². The van der Waals surface area contributed by atoms with Crippen molar-refractivity contribution in [3.8, 4) is 17.2 Å². The fraction of sp³-hybridized carbons (Fsp3) is 0.381. The van der Waals surface area contributed by atoms with E-state index in [2.05, 4.69) is 34.6 Å². The fourth-order valence-corrected chi connectivity index (χ4v) is 2.96. The van der Waals surface area contributed by atoms with Gasteiger partial charge in [-0.25, -0.2) is 0 Å². The Labute approximate surface area is 150 Å². The highest BCUT2D eigenvalue weighted by atomic mass is 16.3. The van der Waals surface area contributed by atoms with Crippen LogP contribution in [0.25, 0.3) is 0 Å². The predicted octanol–water partition coefficient (Wildman–Crippen LogP) is 5.02. The average molecular weight is 346 g/mol. The fourth-order valence-electron chi connectivity index (χ4n) is 2.96. The van der Waals surface area contributed by atoms with E-state index in [0.717, 1.165) is 12.0 Å². The average Bonchev–Trinajstić information content (AvgIpc) is 2.47. The summed E-state index contributed by atoms with van der Waals surface area (Å²) < 4.78 is 0. The summed E-state index contributed by atoms with van der Waals surface area (Å²) in [5.74, 6) is 0.585. The lowest BCUT2D eigenvalue weighted by Gasteiger charge is -2.33. The molecule has 2 aromatic carbocycles. The van der Waals surface area contributed by atoms with E-state index in [4.69, 9.17) is 15.0 Å². The predicted molar refractivity (Wildman–Crippen MR) is 102 cm³/mol. The van der Waals surface area contributed by atoms with Gasteiger partial charge in [0, 0.05) is 6.07 Å². The van der Waals surface area contributed by atoms with Gasteiger partial charge in [-0.1, -0.05) is 58.9 Å². The van der Waals surface area contributed by atoms with E-state index in [1.54, 1.807) is 12.1 Å². The second kappa shape index (κ2) is 9.72. The van der Waals surface area contributed by atoms with E-state index in [1.165, 1.54) is 18.2 Å². The number of hydrogen-bond acceptors (Lipinski definition) is 4. The summed E-state index contributed by atoms with van der Waals surface area (Å²) in [6.07, 6.45) is 1.05. The Bertz CT molecular complexity index is 625. The number of phenolic OH excluding ortho intramolecular Hbond substituents is 3. The summed E-state index contributed by atoms with van der Waals surface area (Å²) in [5, 5.41) is 27.1. The van der Waals surface area contributed by atoms with Gasteiger partial charge in [0.25, 0.3) is 0 Å². The van der Waals surface area contributed by atoms with Crippen LogP contribution in [-0.4, -0.2) is 22.1 Å². The van der Waals surface area contributed by atoms with E-state index in [9.17, 15) is 5.11 Å². The van der Waals surface area contributed by atoms with Gasteiger partial charge in [-0.05, 0) is 41.0 Å². The molecule has 0 spiro atoms. The quantitative estimate of drug-likeness (QED) is 0.713. The molecule has 0 saturated carbocycles. The highest BCUT2D eigenvalue weighted by molar-refractivity contribution is 5.37. The van der Waals surface area contributed by atoms with Crippen molar-refractivity contribution in [1.29, 1.82) is 0 Å². The Balaban J connectivity index is 0.000000483. The number of carbonyl (C=O) groups excluding carboxylic acids is 1. The number of para-hydroxylation sites is 1. The van der Waals surface area contributed by atoms with Gasteiger partial charge in [0.1, 0.15) is 24.0 Å². The highest BCUT2D eigenvalue weighted by Gasteiger charge is 2.28. The van der Waals surface area contributed by atoms with Crippen LogP contribution in [-0.2, 0) is 10.2 Å². The minimum atomic E-state index is 0.0175. The topological polar surface area (TPSA) is 77.8 Å². The standard InChI is InChI=1S/C14H22O.C6H6O2.CH2O/c1-13(2,3)10-14(4,5)11-8-6-7-9-12(11)15;7-5-2-1-3-6(8)4-5;1-2/h6-9,15H,10H2,1-5H3;1-4,7-8H;1H2. The molecule has 4 heteroatoms. The van der Waals surface area contributed by atoms with E-state index in [-0.39, 0.29) is 22.3 Å². The molecule has 0 amide bonds. The summed E-state index contributed by atoms with van der Waals surface area (Å²) in [5.41, 5.74) is 1.33. The summed E-state index contributed by atoms with van der Waals surface area (Å²) in [7, 11) is 0. The molecule has 0 aliphatic carbocycles. The number of aromatic hydroxyl groups is 3. The maximum Gasteiger partial charge on any atom is 0.119 e. The van der Waals surface area contributed by atoms with Gasteiger partial charge < -0.3 is 20.1 Å². The van der Waals surface area contributed by atoms with E-state index >= 15 is 0 Å². The maximum atomic E-state index is 9.84. The molecular formula is C21H30O4. The van der Waals surface area contributed by atoms with E-state index in [1.807, 2.05) is 25.0 Å². The van der Waals surface area contributed by atoms with E-state index in [0.29, 0.717) is 5.75 Å². The molecule has 2 rings (SSSR count). The first-order valence-corrected chi connectivity index (χ1v) is 8.07. The molecule has 0 aliphatic heterocycles. The molecule has 3 N–H and O–H groups in total. The van der Waals surface area contributed by atoms with Crippen LogP contribution >= 0.6 is 0 Å². The lowest BCUT2D eigenvalue weighted by atomic mass is 9.72. The molecule has 0 aliphatic rings. The molecular weight excluding hydrogens is 316 g/mol. The Kier molecular flexibility index (Phi) is 8.75. The number of phenols is 3. The van der Waals surface area contributed by atoms with Crippen LogP contribution in [0, 0.1) is 5.41 Å². The van der Waals surface area contributed by atoms with Gasteiger partial charge in [0.05, 0.1) is 0 Å². The number of carbonyl (C=O) groups is 1. The Morgan fingerprint density at radius 3 is 1.64 bits per heavy atom. The molecule has 25 heavy (non-hydrogen) atoms. The maximum absolute atomic E-state index is 9.84. The normalized spacial score (nSPS) is 10.8. The van der Waals surface area contributed by atoms with Crippen molar-refractivity contribution >= 4 is 6.79 Å². The number of rotatable bonds is 2. The zero-order valence-electron chi connectivity index (χ0n) is 15.8. The van der Waals surface area contributed by atoms with Gasteiger partial charge in [0.2, 0.25) is 0 Å². The molecule has 0 aromatic heterocycles. The zero-order valence-corrected chi connectivity index (χ0v) is 15.8. The lowest BCUT2D eigenvalue weighted by molar-refractivity contribution is -0.0980. The van der Waals surface area contributed by atoms with Crippen LogP contribution in [0.1, 0.15) is 46.6 Å².